The van der Waals surface area contributed by atoms with E-state index in [2.05, 4.69) is 10.2 Å². The van der Waals surface area contributed by atoms with Gasteiger partial charge in [0.15, 0.2) is 0 Å². The van der Waals surface area contributed by atoms with E-state index in [1.54, 1.807) is 6.92 Å². The highest BCUT2D eigenvalue weighted by molar-refractivity contribution is 5.72. The third-order valence-corrected chi connectivity index (χ3v) is 2.02. The number of nitrogens with zero attached hydrogens (tertiary/aromatic N) is 1. The molecule has 1 unspecified atom stereocenters. The molecule has 0 spiro atoms. The zero-order valence-corrected chi connectivity index (χ0v) is 9.42. The van der Waals surface area contributed by atoms with Gasteiger partial charge in [-0.05, 0) is 33.4 Å². The number of hydrogen-bond donors (Lipinski definition) is 2. The van der Waals surface area contributed by atoms with Gasteiger partial charge < -0.3 is 15.3 Å². The lowest BCUT2D eigenvalue weighted by atomic mass is 10.2. The predicted octanol–water partition coefficient (Wildman–Crippen LogP) is 0.215. The lowest BCUT2D eigenvalue weighted by Crippen LogP contribution is -2.28. The fraction of sp³-hybridized carbons (Fsp3) is 0.900. The van der Waals surface area contributed by atoms with Crippen LogP contribution in [0.1, 0.15) is 26.7 Å². The topological polar surface area (TPSA) is 52.6 Å². The van der Waals surface area contributed by atoms with E-state index in [0.717, 1.165) is 32.5 Å². The maximum Gasteiger partial charge on any atom is 0.216 e. The van der Waals surface area contributed by atoms with Gasteiger partial charge in [0.2, 0.25) is 5.91 Å². The summed E-state index contributed by atoms with van der Waals surface area (Å²) in [5.74, 6) is 0.0247. The number of carbonyl (C=O) groups is 1. The van der Waals surface area contributed by atoms with E-state index in [-0.39, 0.29) is 12.0 Å². The van der Waals surface area contributed by atoms with Crippen molar-refractivity contribution >= 4 is 5.91 Å². The standard InChI is InChI=1S/C10H22N2O2/c1-9(13)5-8-12(3)7-4-6-11-10(2)14/h9,13H,4-8H2,1-3H3,(H,11,14). The second-order valence-corrected chi connectivity index (χ2v) is 3.78. The lowest BCUT2D eigenvalue weighted by Gasteiger charge is -2.17. The number of nitrogens with one attached hydrogen (secondary N) is 1. The molecule has 0 aliphatic heterocycles. The summed E-state index contributed by atoms with van der Waals surface area (Å²) in [4.78, 5) is 12.7. The maximum atomic E-state index is 10.5. The number of carbonyl (C=O) groups excluding carboxylic acids is 1. The van der Waals surface area contributed by atoms with Crippen LogP contribution in [0.25, 0.3) is 0 Å². The van der Waals surface area contributed by atoms with Crippen molar-refractivity contribution in [1.82, 2.24) is 10.2 Å². The molecule has 4 nitrogen and oxygen atoms in total. The maximum absolute atomic E-state index is 10.5. The molecule has 1 amide bonds. The van der Waals surface area contributed by atoms with Crippen molar-refractivity contribution in [2.24, 2.45) is 0 Å². The Kier molecular flexibility index (Phi) is 7.42. The van der Waals surface area contributed by atoms with Gasteiger partial charge in [0.05, 0.1) is 6.10 Å². The second-order valence-electron chi connectivity index (χ2n) is 3.78. The molecule has 84 valence electrons. The number of hydrogen-bond acceptors (Lipinski definition) is 3. The Morgan fingerprint density at radius 2 is 2.14 bits per heavy atom. The molecular formula is C10H22N2O2. The third-order valence-electron chi connectivity index (χ3n) is 2.02. The third kappa shape index (κ3) is 9.48. The summed E-state index contributed by atoms with van der Waals surface area (Å²) in [5.41, 5.74) is 0. The van der Waals surface area contributed by atoms with Crippen LogP contribution in [-0.4, -0.2) is 48.7 Å². The summed E-state index contributed by atoms with van der Waals surface area (Å²) < 4.78 is 0. The summed E-state index contributed by atoms with van der Waals surface area (Å²) >= 11 is 0. The van der Waals surface area contributed by atoms with Crippen molar-refractivity contribution in [3.8, 4) is 0 Å². The summed E-state index contributed by atoms with van der Waals surface area (Å²) in [7, 11) is 2.02. The largest absolute Gasteiger partial charge is 0.393 e. The van der Waals surface area contributed by atoms with Gasteiger partial charge in [0.1, 0.15) is 0 Å². The zero-order valence-electron chi connectivity index (χ0n) is 9.42. The normalized spacial score (nSPS) is 12.9. The van der Waals surface area contributed by atoms with Gasteiger partial charge in [-0.3, -0.25) is 4.79 Å². The molecule has 0 heterocycles. The fourth-order valence-corrected chi connectivity index (χ4v) is 1.13. The fourth-order valence-electron chi connectivity index (χ4n) is 1.13. The Bertz CT molecular complexity index is 160. The molecule has 0 aliphatic carbocycles. The molecular weight excluding hydrogens is 180 g/mol. The van der Waals surface area contributed by atoms with Gasteiger partial charge in [-0.1, -0.05) is 0 Å². The number of amides is 1. The van der Waals surface area contributed by atoms with E-state index in [0.29, 0.717) is 0 Å². The van der Waals surface area contributed by atoms with Crippen LogP contribution in [0.5, 0.6) is 0 Å². The first-order valence-electron chi connectivity index (χ1n) is 5.13. The van der Waals surface area contributed by atoms with Crippen LogP contribution in [0, 0.1) is 0 Å². The monoisotopic (exact) mass is 202 g/mol. The number of aliphatic hydroxyl groups excluding tert-OH is 1. The van der Waals surface area contributed by atoms with E-state index in [1.807, 2.05) is 7.05 Å². The van der Waals surface area contributed by atoms with E-state index < -0.39 is 0 Å². The molecule has 14 heavy (non-hydrogen) atoms. The average molecular weight is 202 g/mol. The van der Waals surface area contributed by atoms with Gasteiger partial charge in [-0.15, -0.1) is 0 Å². The number of rotatable bonds is 7. The molecule has 4 heteroatoms. The Morgan fingerprint density at radius 3 is 2.64 bits per heavy atom. The first-order chi connectivity index (χ1) is 6.52. The molecule has 0 aromatic heterocycles. The molecule has 1 atom stereocenters. The van der Waals surface area contributed by atoms with Crippen molar-refractivity contribution in [1.29, 1.82) is 0 Å². The zero-order chi connectivity index (χ0) is 11.0. The highest BCUT2D eigenvalue weighted by Crippen LogP contribution is 1.93. The molecule has 0 aromatic carbocycles. The Hall–Kier alpha value is -0.610. The van der Waals surface area contributed by atoms with Crippen molar-refractivity contribution in [3.63, 3.8) is 0 Å². The molecule has 2 N–H and O–H groups in total. The quantitative estimate of drug-likeness (QED) is 0.580. The van der Waals surface area contributed by atoms with Gasteiger partial charge in [-0.2, -0.15) is 0 Å². The lowest BCUT2D eigenvalue weighted by molar-refractivity contribution is -0.118. The first-order valence-corrected chi connectivity index (χ1v) is 5.13. The Morgan fingerprint density at radius 1 is 1.50 bits per heavy atom. The van der Waals surface area contributed by atoms with E-state index >= 15 is 0 Å². The molecule has 0 saturated carbocycles. The van der Waals surface area contributed by atoms with Gasteiger partial charge in [-0.25, -0.2) is 0 Å². The van der Waals surface area contributed by atoms with E-state index in [1.165, 1.54) is 6.92 Å². The van der Waals surface area contributed by atoms with Gasteiger partial charge in [0, 0.05) is 20.0 Å². The average Bonchev–Trinajstić information content (AvgIpc) is 2.08. The van der Waals surface area contributed by atoms with Crippen LogP contribution in [0.3, 0.4) is 0 Å². The van der Waals surface area contributed by atoms with Crippen molar-refractivity contribution in [3.05, 3.63) is 0 Å². The summed E-state index contributed by atoms with van der Waals surface area (Å²) in [5, 5.41) is 11.8. The minimum atomic E-state index is -0.229. The van der Waals surface area contributed by atoms with Crippen LogP contribution in [0.4, 0.5) is 0 Å². The molecule has 0 saturated heterocycles. The van der Waals surface area contributed by atoms with Gasteiger partial charge in [0.25, 0.3) is 0 Å². The Balaban J connectivity index is 3.26. The Labute approximate surface area is 86.3 Å². The van der Waals surface area contributed by atoms with Crippen LogP contribution in [0.2, 0.25) is 0 Å². The van der Waals surface area contributed by atoms with Crippen molar-refractivity contribution in [2.75, 3.05) is 26.7 Å². The summed E-state index contributed by atoms with van der Waals surface area (Å²) in [6, 6.07) is 0. The number of aliphatic hydroxyl groups is 1. The van der Waals surface area contributed by atoms with Crippen LogP contribution in [0.15, 0.2) is 0 Å². The minimum absolute atomic E-state index is 0.0247. The first kappa shape index (κ1) is 13.4. The molecule has 0 aliphatic rings. The van der Waals surface area contributed by atoms with Gasteiger partial charge >= 0.3 is 0 Å². The van der Waals surface area contributed by atoms with Crippen LogP contribution in [-0.2, 0) is 4.79 Å². The molecule has 0 aromatic rings. The summed E-state index contributed by atoms with van der Waals surface area (Å²) in [6.45, 7) is 5.90. The van der Waals surface area contributed by atoms with Crippen molar-refractivity contribution < 1.29 is 9.90 Å². The SMILES string of the molecule is CC(=O)NCCCN(C)CCC(C)O. The summed E-state index contributed by atoms with van der Waals surface area (Å²) in [6.07, 6.45) is 1.53. The van der Waals surface area contributed by atoms with Crippen molar-refractivity contribution in [2.45, 2.75) is 32.8 Å². The van der Waals surface area contributed by atoms with E-state index in [9.17, 15) is 4.79 Å². The second kappa shape index (κ2) is 7.76. The highest BCUT2D eigenvalue weighted by Gasteiger charge is 2.01. The smallest absolute Gasteiger partial charge is 0.216 e. The van der Waals surface area contributed by atoms with E-state index in [4.69, 9.17) is 5.11 Å². The molecule has 0 bridgehead atoms. The highest BCUT2D eigenvalue weighted by atomic mass is 16.3. The molecule has 0 radical (unpaired) electrons. The van der Waals surface area contributed by atoms with Crippen LogP contribution < -0.4 is 5.32 Å². The predicted molar refractivity (Wildman–Crippen MR) is 57.1 cm³/mol. The minimum Gasteiger partial charge on any atom is -0.393 e. The van der Waals surface area contributed by atoms with Crippen LogP contribution >= 0.6 is 0 Å². The molecule has 0 rings (SSSR count). The molecule has 0 fully saturated rings.